The lowest BCUT2D eigenvalue weighted by atomic mass is 10.3. The van der Waals surface area contributed by atoms with E-state index in [2.05, 4.69) is 55.7 Å². The molecular formula is C13H16IN3O. The van der Waals surface area contributed by atoms with Gasteiger partial charge in [-0.1, -0.05) is 6.07 Å². The molecule has 0 radical (unpaired) electrons. The summed E-state index contributed by atoms with van der Waals surface area (Å²) in [6.07, 6.45) is 4.73. The zero-order chi connectivity index (χ0) is 12.8. The quantitative estimate of drug-likeness (QED) is 0.638. The van der Waals surface area contributed by atoms with Crippen molar-refractivity contribution in [1.29, 1.82) is 0 Å². The van der Waals surface area contributed by atoms with Gasteiger partial charge in [-0.05, 0) is 47.2 Å². The molecule has 2 aromatic rings. The van der Waals surface area contributed by atoms with Gasteiger partial charge in [0.05, 0.1) is 0 Å². The SMILES string of the molecule is COCCCNc1nccn1-c1cccc(I)c1. The number of rotatable bonds is 6. The van der Waals surface area contributed by atoms with E-state index in [-0.39, 0.29) is 0 Å². The Morgan fingerprint density at radius 3 is 3.11 bits per heavy atom. The van der Waals surface area contributed by atoms with Crippen LogP contribution >= 0.6 is 22.6 Å². The van der Waals surface area contributed by atoms with Crippen LogP contribution in [0, 0.1) is 3.57 Å². The predicted molar refractivity (Wildman–Crippen MR) is 81.3 cm³/mol. The highest BCUT2D eigenvalue weighted by Gasteiger charge is 2.04. The first-order valence-electron chi connectivity index (χ1n) is 5.83. The molecule has 0 spiro atoms. The van der Waals surface area contributed by atoms with Gasteiger partial charge in [-0.25, -0.2) is 4.98 Å². The van der Waals surface area contributed by atoms with E-state index >= 15 is 0 Å². The molecule has 1 N–H and O–H groups in total. The number of nitrogens with zero attached hydrogens (tertiary/aromatic N) is 2. The maximum absolute atomic E-state index is 5.02. The average molecular weight is 357 g/mol. The van der Waals surface area contributed by atoms with Crippen LogP contribution in [-0.4, -0.2) is 29.8 Å². The van der Waals surface area contributed by atoms with E-state index in [1.165, 1.54) is 3.57 Å². The van der Waals surface area contributed by atoms with Crippen molar-refractivity contribution in [2.75, 3.05) is 25.6 Å². The van der Waals surface area contributed by atoms with Gasteiger partial charge in [-0.2, -0.15) is 0 Å². The summed E-state index contributed by atoms with van der Waals surface area (Å²) >= 11 is 2.31. The molecule has 0 saturated carbocycles. The zero-order valence-corrected chi connectivity index (χ0v) is 12.4. The number of anilines is 1. The molecule has 0 unspecified atom stereocenters. The highest BCUT2D eigenvalue weighted by atomic mass is 127. The molecule has 4 nitrogen and oxygen atoms in total. The summed E-state index contributed by atoms with van der Waals surface area (Å²) in [7, 11) is 1.72. The second kappa shape index (κ2) is 6.75. The number of methoxy groups -OCH3 is 1. The molecule has 0 atom stereocenters. The monoisotopic (exact) mass is 357 g/mol. The Morgan fingerprint density at radius 1 is 1.44 bits per heavy atom. The summed E-state index contributed by atoms with van der Waals surface area (Å²) in [5.41, 5.74) is 1.12. The van der Waals surface area contributed by atoms with Crippen LogP contribution in [-0.2, 0) is 4.74 Å². The smallest absolute Gasteiger partial charge is 0.207 e. The Kier molecular flexibility index (Phi) is 5.00. The van der Waals surface area contributed by atoms with E-state index < -0.39 is 0 Å². The zero-order valence-electron chi connectivity index (χ0n) is 10.3. The van der Waals surface area contributed by atoms with E-state index in [4.69, 9.17) is 4.74 Å². The molecule has 0 aliphatic rings. The van der Waals surface area contributed by atoms with Gasteiger partial charge in [0.15, 0.2) is 0 Å². The van der Waals surface area contributed by atoms with E-state index in [0.29, 0.717) is 0 Å². The number of ether oxygens (including phenoxy) is 1. The molecule has 18 heavy (non-hydrogen) atoms. The van der Waals surface area contributed by atoms with Crippen molar-refractivity contribution < 1.29 is 4.74 Å². The first-order chi connectivity index (χ1) is 8.81. The molecule has 96 valence electrons. The number of nitrogens with one attached hydrogen (secondary N) is 1. The van der Waals surface area contributed by atoms with E-state index in [1.807, 2.05) is 12.3 Å². The van der Waals surface area contributed by atoms with Crippen LogP contribution in [0.3, 0.4) is 0 Å². The third-order valence-electron chi connectivity index (χ3n) is 2.54. The fourth-order valence-electron chi connectivity index (χ4n) is 1.69. The van der Waals surface area contributed by atoms with E-state index in [1.54, 1.807) is 13.3 Å². The fraction of sp³-hybridized carbons (Fsp3) is 0.308. The van der Waals surface area contributed by atoms with Crippen molar-refractivity contribution >= 4 is 28.5 Å². The van der Waals surface area contributed by atoms with Crippen LogP contribution in [0.2, 0.25) is 0 Å². The lowest BCUT2D eigenvalue weighted by Crippen LogP contribution is -2.09. The van der Waals surface area contributed by atoms with Gasteiger partial charge < -0.3 is 10.1 Å². The minimum atomic E-state index is 0.761. The topological polar surface area (TPSA) is 39.1 Å². The van der Waals surface area contributed by atoms with Gasteiger partial charge in [0, 0.05) is 41.9 Å². The largest absolute Gasteiger partial charge is 0.385 e. The summed E-state index contributed by atoms with van der Waals surface area (Å²) in [5, 5.41) is 3.32. The third kappa shape index (κ3) is 3.46. The second-order valence-electron chi connectivity index (χ2n) is 3.87. The molecule has 0 aliphatic heterocycles. The van der Waals surface area contributed by atoms with Crippen LogP contribution in [0.15, 0.2) is 36.7 Å². The van der Waals surface area contributed by atoms with Gasteiger partial charge in [-0.3, -0.25) is 4.57 Å². The van der Waals surface area contributed by atoms with Crippen molar-refractivity contribution in [1.82, 2.24) is 9.55 Å². The van der Waals surface area contributed by atoms with Crippen LogP contribution in [0.4, 0.5) is 5.95 Å². The number of halogens is 1. The molecule has 0 saturated heterocycles. The summed E-state index contributed by atoms with van der Waals surface area (Å²) in [6.45, 7) is 1.62. The maximum Gasteiger partial charge on any atom is 0.207 e. The van der Waals surface area contributed by atoms with Gasteiger partial charge in [0.25, 0.3) is 0 Å². The normalized spacial score (nSPS) is 10.6. The highest BCUT2D eigenvalue weighted by molar-refractivity contribution is 14.1. The van der Waals surface area contributed by atoms with E-state index in [9.17, 15) is 0 Å². The summed E-state index contributed by atoms with van der Waals surface area (Å²) in [4.78, 5) is 4.33. The Hall–Kier alpha value is -1.08. The Labute approximate surface area is 121 Å². The Bertz CT molecular complexity index is 498. The minimum absolute atomic E-state index is 0.761. The molecule has 5 heteroatoms. The molecule has 0 amide bonds. The molecular weight excluding hydrogens is 341 g/mol. The lowest BCUT2D eigenvalue weighted by Gasteiger charge is -2.10. The molecule has 0 fully saturated rings. The number of hydrogen-bond acceptors (Lipinski definition) is 3. The molecule has 0 aliphatic carbocycles. The van der Waals surface area contributed by atoms with Gasteiger partial charge in [0.2, 0.25) is 5.95 Å². The first kappa shape index (κ1) is 13.4. The second-order valence-corrected chi connectivity index (χ2v) is 5.12. The number of imidazole rings is 1. The molecule has 2 rings (SSSR count). The van der Waals surface area contributed by atoms with Crippen molar-refractivity contribution in [2.24, 2.45) is 0 Å². The Morgan fingerprint density at radius 2 is 2.33 bits per heavy atom. The lowest BCUT2D eigenvalue weighted by molar-refractivity contribution is 0.197. The van der Waals surface area contributed by atoms with Crippen molar-refractivity contribution in [3.8, 4) is 5.69 Å². The average Bonchev–Trinajstić information content (AvgIpc) is 2.83. The maximum atomic E-state index is 5.02. The van der Waals surface area contributed by atoms with Crippen molar-refractivity contribution in [2.45, 2.75) is 6.42 Å². The van der Waals surface area contributed by atoms with Gasteiger partial charge in [-0.15, -0.1) is 0 Å². The molecule has 1 aromatic heterocycles. The first-order valence-corrected chi connectivity index (χ1v) is 6.91. The summed E-state index contributed by atoms with van der Waals surface area (Å²) in [6, 6.07) is 8.32. The summed E-state index contributed by atoms with van der Waals surface area (Å²) < 4.78 is 8.29. The van der Waals surface area contributed by atoms with Crippen molar-refractivity contribution in [3.63, 3.8) is 0 Å². The summed E-state index contributed by atoms with van der Waals surface area (Å²) in [5.74, 6) is 0.869. The minimum Gasteiger partial charge on any atom is -0.385 e. The molecule has 1 heterocycles. The van der Waals surface area contributed by atoms with Gasteiger partial charge in [0.1, 0.15) is 0 Å². The predicted octanol–water partition coefficient (Wildman–Crippen LogP) is 2.93. The standard InChI is InChI=1S/C13H16IN3O/c1-18-9-3-6-15-13-16-7-8-17(13)12-5-2-4-11(14)10-12/h2,4-5,7-8,10H,3,6,9H2,1H3,(H,15,16). The van der Waals surface area contributed by atoms with E-state index in [0.717, 1.165) is 31.2 Å². The third-order valence-corrected chi connectivity index (χ3v) is 3.21. The highest BCUT2D eigenvalue weighted by Crippen LogP contribution is 2.16. The number of hydrogen-bond donors (Lipinski definition) is 1. The van der Waals surface area contributed by atoms with Crippen LogP contribution in [0.25, 0.3) is 5.69 Å². The van der Waals surface area contributed by atoms with Crippen LogP contribution < -0.4 is 5.32 Å². The number of benzene rings is 1. The van der Waals surface area contributed by atoms with Crippen LogP contribution in [0.5, 0.6) is 0 Å². The van der Waals surface area contributed by atoms with Crippen LogP contribution in [0.1, 0.15) is 6.42 Å². The Balaban J connectivity index is 2.08. The van der Waals surface area contributed by atoms with Gasteiger partial charge >= 0.3 is 0 Å². The molecule has 0 bridgehead atoms. The number of aromatic nitrogens is 2. The van der Waals surface area contributed by atoms with Crippen molar-refractivity contribution in [3.05, 3.63) is 40.2 Å². The molecule has 1 aromatic carbocycles. The fourth-order valence-corrected chi connectivity index (χ4v) is 2.21.